The topological polar surface area (TPSA) is 34.1 Å². The van der Waals surface area contributed by atoms with E-state index in [1.807, 2.05) is 18.2 Å². The molecule has 1 aromatic rings. The van der Waals surface area contributed by atoms with Crippen LogP contribution in [0.15, 0.2) is 30.3 Å². The van der Waals surface area contributed by atoms with Gasteiger partial charge in [-0.2, -0.15) is 8.42 Å². The second-order valence-electron chi connectivity index (χ2n) is 3.93. The van der Waals surface area contributed by atoms with E-state index in [-0.39, 0.29) is 0 Å². The SMILES string of the molecule is CC(C)(CS(=O)(=O)F)c1ccccc1. The predicted molar refractivity (Wildman–Crippen MR) is 54.4 cm³/mol. The molecule has 2 nitrogen and oxygen atoms in total. The molecule has 0 aliphatic rings. The van der Waals surface area contributed by atoms with Crippen molar-refractivity contribution in [2.24, 2.45) is 0 Å². The normalized spacial score (nSPS) is 12.8. The molecule has 0 saturated carbocycles. The van der Waals surface area contributed by atoms with Gasteiger partial charge in [-0.05, 0) is 5.56 Å². The third-order valence-electron chi connectivity index (χ3n) is 2.09. The fourth-order valence-electron chi connectivity index (χ4n) is 1.40. The van der Waals surface area contributed by atoms with Gasteiger partial charge in [0.05, 0.1) is 5.75 Å². The van der Waals surface area contributed by atoms with Crippen molar-refractivity contribution in [2.45, 2.75) is 19.3 Å². The van der Waals surface area contributed by atoms with Crippen molar-refractivity contribution in [1.82, 2.24) is 0 Å². The molecule has 0 saturated heterocycles. The molecular weight excluding hydrogens is 203 g/mol. The van der Waals surface area contributed by atoms with E-state index in [4.69, 9.17) is 0 Å². The number of hydrogen-bond acceptors (Lipinski definition) is 2. The van der Waals surface area contributed by atoms with Crippen molar-refractivity contribution in [3.63, 3.8) is 0 Å². The molecule has 1 aromatic carbocycles. The summed E-state index contributed by atoms with van der Waals surface area (Å²) in [4.78, 5) is 0. The van der Waals surface area contributed by atoms with Crippen LogP contribution in [0.3, 0.4) is 0 Å². The minimum atomic E-state index is -4.43. The maximum Gasteiger partial charge on any atom is 0.303 e. The first-order valence-corrected chi connectivity index (χ1v) is 5.84. The molecule has 4 heteroatoms. The number of hydrogen-bond donors (Lipinski definition) is 0. The average molecular weight is 216 g/mol. The number of benzene rings is 1. The Kier molecular flexibility index (Phi) is 2.95. The van der Waals surface area contributed by atoms with E-state index >= 15 is 0 Å². The van der Waals surface area contributed by atoms with Crippen LogP contribution in [0.25, 0.3) is 0 Å². The summed E-state index contributed by atoms with van der Waals surface area (Å²) in [5, 5.41) is 0. The van der Waals surface area contributed by atoms with Gasteiger partial charge >= 0.3 is 10.2 Å². The summed E-state index contributed by atoms with van der Waals surface area (Å²) in [7, 11) is -4.43. The minimum Gasteiger partial charge on any atom is -0.195 e. The summed E-state index contributed by atoms with van der Waals surface area (Å²) < 4.78 is 33.6. The van der Waals surface area contributed by atoms with Crippen molar-refractivity contribution >= 4 is 10.2 Å². The first kappa shape index (κ1) is 11.2. The van der Waals surface area contributed by atoms with Crippen LogP contribution < -0.4 is 0 Å². The van der Waals surface area contributed by atoms with Crippen molar-refractivity contribution in [3.8, 4) is 0 Å². The summed E-state index contributed by atoms with van der Waals surface area (Å²) in [6.07, 6.45) is 0. The van der Waals surface area contributed by atoms with E-state index in [0.29, 0.717) is 0 Å². The molecule has 0 aliphatic heterocycles. The van der Waals surface area contributed by atoms with Gasteiger partial charge < -0.3 is 0 Å². The molecule has 14 heavy (non-hydrogen) atoms. The zero-order valence-corrected chi connectivity index (χ0v) is 9.01. The zero-order chi connectivity index (χ0) is 10.8. The lowest BCUT2D eigenvalue weighted by Gasteiger charge is -2.22. The van der Waals surface area contributed by atoms with Crippen molar-refractivity contribution in [1.29, 1.82) is 0 Å². The first-order valence-electron chi connectivity index (χ1n) is 4.29. The van der Waals surface area contributed by atoms with E-state index < -0.39 is 21.4 Å². The Morgan fingerprint density at radius 3 is 2.14 bits per heavy atom. The van der Waals surface area contributed by atoms with Gasteiger partial charge in [-0.25, -0.2) is 0 Å². The summed E-state index contributed by atoms with van der Waals surface area (Å²) in [6.45, 7) is 3.42. The van der Waals surface area contributed by atoms with Gasteiger partial charge in [-0.15, -0.1) is 3.89 Å². The molecule has 0 fully saturated rings. The molecule has 0 amide bonds. The monoisotopic (exact) mass is 216 g/mol. The number of halogens is 1. The maximum atomic E-state index is 12.5. The highest BCUT2D eigenvalue weighted by molar-refractivity contribution is 7.86. The first-order chi connectivity index (χ1) is 6.31. The molecule has 0 spiro atoms. The van der Waals surface area contributed by atoms with Gasteiger partial charge in [0.25, 0.3) is 0 Å². The Labute approximate surface area is 84.0 Å². The largest absolute Gasteiger partial charge is 0.303 e. The molecule has 0 radical (unpaired) electrons. The van der Waals surface area contributed by atoms with Crippen LogP contribution in [-0.2, 0) is 15.6 Å². The predicted octanol–water partition coefficient (Wildman–Crippen LogP) is 2.26. The Morgan fingerprint density at radius 2 is 1.71 bits per heavy atom. The van der Waals surface area contributed by atoms with Gasteiger partial charge in [0.1, 0.15) is 0 Å². The maximum absolute atomic E-state index is 12.5. The van der Waals surface area contributed by atoms with Gasteiger partial charge in [-0.3, -0.25) is 0 Å². The fraction of sp³-hybridized carbons (Fsp3) is 0.400. The van der Waals surface area contributed by atoms with E-state index in [1.165, 1.54) is 0 Å². The van der Waals surface area contributed by atoms with E-state index in [2.05, 4.69) is 0 Å². The van der Waals surface area contributed by atoms with Gasteiger partial charge in [-0.1, -0.05) is 44.2 Å². The minimum absolute atomic E-state index is 0.482. The Morgan fingerprint density at radius 1 is 1.21 bits per heavy atom. The van der Waals surface area contributed by atoms with Gasteiger partial charge in [0.2, 0.25) is 0 Å². The highest BCUT2D eigenvalue weighted by atomic mass is 32.3. The second-order valence-corrected chi connectivity index (χ2v) is 5.30. The molecule has 0 N–H and O–H groups in total. The van der Waals surface area contributed by atoms with Crippen LogP contribution in [0.5, 0.6) is 0 Å². The van der Waals surface area contributed by atoms with Crippen LogP contribution in [0.2, 0.25) is 0 Å². The summed E-state index contributed by atoms with van der Waals surface area (Å²) in [6, 6.07) is 9.05. The Balaban J connectivity index is 2.97. The standard InChI is InChI=1S/C10H13FO2S/c1-10(2,8-14(11,12)13)9-6-4-3-5-7-9/h3-7H,8H2,1-2H3. The zero-order valence-electron chi connectivity index (χ0n) is 8.20. The quantitative estimate of drug-likeness (QED) is 0.726. The van der Waals surface area contributed by atoms with E-state index in [1.54, 1.807) is 26.0 Å². The molecule has 0 bridgehead atoms. The molecule has 78 valence electrons. The fourth-order valence-corrected chi connectivity index (χ4v) is 2.43. The molecule has 0 atom stereocenters. The smallest absolute Gasteiger partial charge is 0.195 e. The van der Waals surface area contributed by atoms with Crippen molar-refractivity contribution in [2.75, 3.05) is 5.75 Å². The molecule has 1 rings (SSSR count). The lowest BCUT2D eigenvalue weighted by molar-refractivity contribution is 0.515. The highest BCUT2D eigenvalue weighted by Gasteiger charge is 2.27. The molecular formula is C10H13FO2S. The third-order valence-corrected chi connectivity index (χ3v) is 3.16. The molecule has 0 heterocycles. The van der Waals surface area contributed by atoms with E-state index in [9.17, 15) is 12.3 Å². The van der Waals surface area contributed by atoms with E-state index in [0.717, 1.165) is 5.56 Å². The Hall–Kier alpha value is -0.900. The van der Waals surface area contributed by atoms with Crippen molar-refractivity contribution in [3.05, 3.63) is 35.9 Å². The van der Waals surface area contributed by atoms with Crippen LogP contribution in [0, 0.1) is 0 Å². The summed E-state index contributed by atoms with van der Waals surface area (Å²) in [5.41, 5.74) is 0.135. The molecule has 0 aliphatic carbocycles. The lowest BCUT2D eigenvalue weighted by atomic mass is 9.87. The summed E-state index contributed by atoms with van der Waals surface area (Å²) >= 11 is 0. The van der Waals surface area contributed by atoms with Crippen molar-refractivity contribution < 1.29 is 12.3 Å². The number of rotatable bonds is 3. The highest BCUT2D eigenvalue weighted by Crippen LogP contribution is 2.25. The van der Waals surface area contributed by atoms with Crippen LogP contribution in [0.1, 0.15) is 19.4 Å². The third kappa shape index (κ3) is 3.10. The lowest BCUT2D eigenvalue weighted by Crippen LogP contribution is -2.26. The van der Waals surface area contributed by atoms with Crippen LogP contribution in [0.4, 0.5) is 3.89 Å². The van der Waals surface area contributed by atoms with Crippen LogP contribution >= 0.6 is 0 Å². The van der Waals surface area contributed by atoms with Gasteiger partial charge in [0, 0.05) is 5.41 Å². The Bertz CT molecular complexity index is 395. The van der Waals surface area contributed by atoms with Gasteiger partial charge in [0.15, 0.2) is 0 Å². The summed E-state index contributed by atoms with van der Waals surface area (Å²) in [5.74, 6) is -0.482. The molecule has 0 unspecified atom stereocenters. The average Bonchev–Trinajstić information content (AvgIpc) is 2.01. The second kappa shape index (κ2) is 3.69. The van der Waals surface area contributed by atoms with Crippen LogP contribution in [-0.4, -0.2) is 14.2 Å². The molecule has 0 aromatic heterocycles.